The second kappa shape index (κ2) is 4.62. The molecule has 0 saturated heterocycles. The number of hydrogen-bond donors (Lipinski definition) is 1. The zero-order valence-corrected chi connectivity index (χ0v) is 9.10. The maximum atomic E-state index is 10.5. The lowest BCUT2D eigenvalue weighted by atomic mass is 10.0. The Hall–Kier alpha value is -2.09. The van der Waals surface area contributed by atoms with Crippen LogP contribution in [0.5, 0.6) is 0 Å². The number of nitrogens with one attached hydrogen (secondary N) is 1. The van der Waals surface area contributed by atoms with Gasteiger partial charge in [0.25, 0.3) is 0 Å². The average molecular weight is 211 g/mol. The van der Waals surface area contributed by atoms with E-state index in [1.165, 1.54) is 5.56 Å². The molecule has 0 bridgehead atoms. The Kier molecular flexibility index (Phi) is 3.01. The summed E-state index contributed by atoms with van der Waals surface area (Å²) >= 11 is 0. The molecule has 0 heterocycles. The Morgan fingerprint density at radius 2 is 1.69 bits per heavy atom. The summed E-state index contributed by atoms with van der Waals surface area (Å²) in [5, 5.41) is 2.71. The number of carbonyl (C=O) groups excluding carboxylic acids is 1. The largest absolute Gasteiger partial charge is 0.328 e. The van der Waals surface area contributed by atoms with Crippen molar-refractivity contribution in [1.29, 1.82) is 0 Å². The molecule has 2 rings (SSSR count). The van der Waals surface area contributed by atoms with Crippen molar-refractivity contribution in [3.8, 4) is 11.1 Å². The van der Waals surface area contributed by atoms with Crippen molar-refractivity contribution in [3.63, 3.8) is 0 Å². The van der Waals surface area contributed by atoms with Crippen LogP contribution < -0.4 is 5.32 Å². The molecule has 16 heavy (non-hydrogen) atoms. The van der Waals surface area contributed by atoms with E-state index in [1.54, 1.807) is 0 Å². The van der Waals surface area contributed by atoms with Crippen molar-refractivity contribution in [2.24, 2.45) is 0 Å². The third kappa shape index (κ3) is 2.11. The maximum Gasteiger partial charge on any atom is 0.211 e. The van der Waals surface area contributed by atoms with Crippen LogP contribution in [0, 0.1) is 6.92 Å². The van der Waals surface area contributed by atoms with Gasteiger partial charge in [0, 0.05) is 11.3 Å². The fourth-order valence-electron chi connectivity index (χ4n) is 1.66. The van der Waals surface area contributed by atoms with Crippen LogP contribution in [0.2, 0.25) is 0 Å². The van der Waals surface area contributed by atoms with Gasteiger partial charge in [-0.3, -0.25) is 4.79 Å². The molecule has 0 fully saturated rings. The van der Waals surface area contributed by atoms with Gasteiger partial charge in [-0.25, -0.2) is 0 Å². The van der Waals surface area contributed by atoms with Crippen LogP contribution in [0.25, 0.3) is 11.1 Å². The summed E-state index contributed by atoms with van der Waals surface area (Å²) in [7, 11) is 0. The van der Waals surface area contributed by atoms with Crippen molar-refractivity contribution in [2.75, 3.05) is 5.32 Å². The lowest BCUT2D eigenvalue weighted by Crippen LogP contribution is -1.95. The van der Waals surface area contributed by atoms with E-state index in [9.17, 15) is 4.79 Å². The lowest BCUT2D eigenvalue weighted by molar-refractivity contribution is -0.105. The van der Waals surface area contributed by atoms with E-state index in [2.05, 4.69) is 36.5 Å². The molecule has 0 radical (unpaired) electrons. The first kappa shape index (κ1) is 10.4. The Balaban J connectivity index is 2.46. The Morgan fingerprint density at radius 1 is 1.00 bits per heavy atom. The number of benzene rings is 2. The number of aryl methyl sites for hydroxylation is 1. The minimum absolute atomic E-state index is 0.701. The molecule has 0 spiro atoms. The number of para-hydroxylation sites is 1. The number of hydrogen-bond acceptors (Lipinski definition) is 1. The van der Waals surface area contributed by atoms with Gasteiger partial charge >= 0.3 is 0 Å². The summed E-state index contributed by atoms with van der Waals surface area (Å²) < 4.78 is 0. The normalized spacial score (nSPS) is 9.81. The lowest BCUT2D eigenvalue weighted by Gasteiger charge is -2.08. The number of amides is 1. The molecule has 0 saturated carbocycles. The molecule has 0 atom stereocenters. The van der Waals surface area contributed by atoms with Crippen molar-refractivity contribution in [2.45, 2.75) is 6.92 Å². The summed E-state index contributed by atoms with van der Waals surface area (Å²) in [5.41, 5.74) is 4.20. The summed E-state index contributed by atoms with van der Waals surface area (Å²) in [5.74, 6) is 0. The standard InChI is InChI=1S/C14H13NO/c1-11-6-8-12(9-7-11)13-4-2-3-5-14(13)15-10-16/h2-10H,1H3,(H,15,16). The molecule has 2 heteroatoms. The Morgan fingerprint density at radius 3 is 2.38 bits per heavy atom. The third-order valence-corrected chi connectivity index (χ3v) is 2.50. The first-order valence-electron chi connectivity index (χ1n) is 5.17. The van der Waals surface area contributed by atoms with Crippen LogP contribution in [-0.4, -0.2) is 6.41 Å². The average Bonchev–Trinajstić information content (AvgIpc) is 2.32. The van der Waals surface area contributed by atoms with Gasteiger partial charge in [-0.2, -0.15) is 0 Å². The van der Waals surface area contributed by atoms with Crippen LogP contribution in [0.4, 0.5) is 5.69 Å². The molecule has 2 aromatic carbocycles. The Labute approximate surface area is 94.9 Å². The van der Waals surface area contributed by atoms with Gasteiger partial charge in [0.1, 0.15) is 0 Å². The SMILES string of the molecule is Cc1ccc(-c2ccccc2NC=O)cc1. The molecular formula is C14H13NO. The number of anilines is 1. The van der Waals surface area contributed by atoms with Gasteiger partial charge in [0.05, 0.1) is 0 Å². The number of carbonyl (C=O) groups is 1. The van der Waals surface area contributed by atoms with E-state index >= 15 is 0 Å². The molecular weight excluding hydrogens is 198 g/mol. The third-order valence-electron chi connectivity index (χ3n) is 2.50. The highest BCUT2D eigenvalue weighted by Gasteiger charge is 2.02. The second-order valence-corrected chi connectivity index (χ2v) is 3.67. The van der Waals surface area contributed by atoms with E-state index in [1.807, 2.05) is 24.3 Å². The first-order chi connectivity index (χ1) is 7.81. The zero-order valence-electron chi connectivity index (χ0n) is 9.10. The minimum Gasteiger partial charge on any atom is -0.328 e. The number of rotatable bonds is 3. The van der Waals surface area contributed by atoms with Gasteiger partial charge < -0.3 is 5.32 Å². The van der Waals surface area contributed by atoms with E-state index in [4.69, 9.17) is 0 Å². The van der Waals surface area contributed by atoms with Crippen LogP contribution in [0.1, 0.15) is 5.56 Å². The van der Waals surface area contributed by atoms with Crippen molar-refractivity contribution in [3.05, 3.63) is 54.1 Å². The van der Waals surface area contributed by atoms with Crippen LogP contribution in [0.3, 0.4) is 0 Å². The predicted octanol–water partition coefficient (Wildman–Crippen LogP) is 3.23. The van der Waals surface area contributed by atoms with Crippen molar-refractivity contribution >= 4 is 12.1 Å². The van der Waals surface area contributed by atoms with E-state index in [0.29, 0.717) is 6.41 Å². The van der Waals surface area contributed by atoms with Gasteiger partial charge in [-0.1, -0.05) is 48.0 Å². The minimum atomic E-state index is 0.701. The van der Waals surface area contributed by atoms with E-state index < -0.39 is 0 Å². The molecule has 0 aromatic heterocycles. The summed E-state index contributed by atoms with van der Waals surface area (Å²) in [6, 6.07) is 16.0. The van der Waals surface area contributed by atoms with E-state index in [-0.39, 0.29) is 0 Å². The summed E-state index contributed by atoms with van der Waals surface area (Å²) in [6.45, 7) is 2.05. The van der Waals surface area contributed by atoms with Crippen LogP contribution >= 0.6 is 0 Å². The zero-order chi connectivity index (χ0) is 11.4. The van der Waals surface area contributed by atoms with Gasteiger partial charge in [0.15, 0.2) is 0 Å². The first-order valence-corrected chi connectivity index (χ1v) is 5.17. The molecule has 2 nitrogen and oxygen atoms in total. The highest BCUT2D eigenvalue weighted by Crippen LogP contribution is 2.27. The second-order valence-electron chi connectivity index (χ2n) is 3.67. The monoisotopic (exact) mass is 211 g/mol. The Bertz CT molecular complexity index is 488. The molecule has 80 valence electrons. The molecule has 2 aromatic rings. The molecule has 0 aliphatic rings. The topological polar surface area (TPSA) is 29.1 Å². The maximum absolute atomic E-state index is 10.5. The molecule has 1 N–H and O–H groups in total. The van der Waals surface area contributed by atoms with Crippen LogP contribution in [0.15, 0.2) is 48.5 Å². The highest BCUT2D eigenvalue weighted by atomic mass is 16.1. The smallest absolute Gasteiger partial charge is 0.211 e. The quantitative estimate of drug-likeness (QED) is 0.776. The fraction of sp³-hybridized carbons (Fsp3) is 0.0714. The summed E-state index contributed by atoms with van der Waals surface area (Å²) in [4.78, 5) is 10.5. The molecule has 0 aliphatic heterocycles. The summed E-state index contributed by atoms with van der Waals surface area (Å²) in [6.07, 6.45) is 0.701. The van der Waals surface area contributed by atoms with Crippen molar-refractivity contribution in [1.82, 2.24) is 0 Å². The van der Waals surface area contributed by atoms with Crippen molar-refractivity contribution < 1.29 is 4.79 Å². The fourth-order valence-corrected chi connectivity index (χ4v) is 1.66. The van der Waals surface area contributed by atoms with Gasteiger partial charge in [-0.05, 0) is 18.6 Å². The van der Waals surface area contributed by atoms with E-state index in [0.717, 1.165) is 16.8 Å². The van der Waals surface area contributed by atoms with Crippen LogP contribution in [-0.2, 0) is 4.79 Å². The van der Waals surface area contributed by atoms with Gasteiger partial charge in [-0.15, -0.1) is 0 Å². The highest BCUT2D eigenvalue weighted by molar-refractivity contribution is 5.84. The molecule has 0 unspecified atom stereocenters. The molecule has 1 amide bonds. The predicted molar refractivity (Wildman–Crippen MR) is 66.3 cm³/mol. The van der Waals surface area contributed by atoms with Gasteiger partial charge in [0.2, 0.25) is 6.41 Å². The molecule has 0 aliphatic carbocycles.